The van der Waals surface area contributed by atoms with Crippen LogP contribution in [0.4, 0.5) is 0 Å². The van der Waals surface area contributed by atoms with Crippen LogP contribution in [-0.2, 0) is 19.3 Å². The van der Waals surface area contributed by atoms with E-state index in [4.69, 9.17) is 29.9 Å². The van der Waals surface area contributed by atoms with Crippen molar-refractivity contribution in [1.82, 2.24) is 29.9 Å². The summed E-state index contributed by atoms with van der Waals surface area (Å²) in [7, 11) is 0. The standard InChI is InChI=1S/C36H48N6/c1-4-7-10-13-16-28-19-22-31(37-25-28)34-40-35(32-23-20-29(26-38-32)17-14-11-8-5-2)42-36(41-34)33-24-21-30(27-39-33)18-15-12-9-6-3/h19-27H,4-18H2,1-3H3. The van der Waals surface area contributed by atoms with E-state index in [1.54, 1.807) is 0 Å². The Balaban J connectivity index is 1.58. The predicted octanol–water partition coefficient (Wildman–Crippen LogP) is 9.43. The molecule has 0 radical (unpaired) electrons. The minimum atomic E-state index is 0.545. The summed E-state index contributed by atoms with van der Waals surface area (Å²) in [5, 5.41) is 0. The number of unbranched alkanes of at least 4 members (excludes halogenated alkanes) is 9. The van der Waals surface area contributed by atoms with Gasteiger partial charge >= 0.3 is 0 Å². The number of rotatable bonds is 18. The number of pyridine rings is 3. The largest absolute Gasteiger partial charge is 0.253 e. The molecule has 0 saturated heterocycles. The van der Waals surface area contributed by atoms with Crippen LogP contribution in [0.2, 0.25) is 0 Å². The maximum absolute atomic E-state index is 4.83. The first-order chi connectivity index (χ1) is 20.7. The Kier molecular flexibility index (Phi) is 13.0. The van der Waals surface area contributed by atoms with E-state index in [-0.39, 0.29) is 0 Å². The molecule has 0 N–H and O–H groups in total. The fourth-order valence-corrected chi connectivity index (χ4v) is 5.10. The third-order valence-electron chi connectivity index (χ3n) is 7.75. The average Bonchev–Trinajstić information content (AvgIpc) is 3.04. The molecule has 0 aliphatic rings. The van der Waals surface area contributed by atoms with Gasteiger partial charge in [-0.15, -0.1) is 0 Å². The van der Waals surface area contributed by atoms with Gasteiger partial charge in [0.15, 0.2) is 17.5 Å². The van der Waals surface area contributed by atoms with Crippen molar-refractivity contribution in [2.24, 2.45) is 0 Å². The van der Waals surface area contributed by atoms with Gasteiger partial charge in [0.05, 0.1) is 0 Å². The molecule has 0 aliphatic heterocycles. The van der Waals surface area contributed by atoms with E-state index in [1.165, 1.54) is 93.7 Å². The smallest absolute Gasteiger partial charge is 0.182 e. The van der Waals surface area contributed by atoms with E-state index >= 15 is 0 Å². The first-order valence-electron chi connectivity index (χ1n) is 16.3. The van der Waals surface area contributed by atoms with E-state index < -0.39 is 0 Å². The summed E-state index contributed by atoms with van der Waals surface area (Å²) in [5.41, 5.74) is 5.94. The van der Waals surface area contributed by atoms with E-state index in [2.05, 4.69) is 39.0 Å². The van der Waals surface area contributed by atoms with E-state index in [0.717, 1.165) is 36.3 Å². The molecular weight excluding hydrogens is 516 g/mol. The van der Waals surface area contributed by atoms with Crippen LogP contribution in [0.5, 0.6) is 0 Å². The normalized spacial score (nSPS) is 11.2. The van der Waals surface area contributed by atoms with Gasteiger partial charge in [0, 0.05) is 18.6 Å². The van der Waals surface area contributed by atoms with Gasteiger partial charge < -0.3 is 0 Å². The maximum Gasteiger partial charge on any atom is 0.182 e. The first-order valence-corrected chi connectivity index (χ1v) is 16.3. The van der Waals surface area contributed by atoms with Crippen LogP contribution < -0.4 is 0 Å². The first kappa shape index (κ1) is 31.4. The molecule has 42 heavy (non-hydrogen) atoms. The molecule has 6 heteroatoms. The second-order valence-electron chi connectivity index (χ2n) is 11.4. The monoisotopic (exact) mass is 564 g/mol. The van der Waals surface area contributed by atoms with Crippen LogP contribution in [0.3, 0.4) is 0 Å². The van der Waals surface area contributed by atoms with Gasteiger partial charge in [-0.1, -0.05) is 96.8 Å². The molecule has 4 rings (SSSR count). The van der Waals surface area contributed by atoms with E-state index in [0.29, 0.717) is 17.5 Å². The topological polar surface area (TPSA) is 77.3 Å². The zero-order valence-electron chi connectivity index (χ0n) is 26.0. The van der Waals surface area contributed by atoms with Crippen LogP contribution in [0.15, 0.2) is 55.0 Å². The van der Waals surface area contributed by atoms with E-state index in [9.17, 15) is 0 Å². The minimum Gasteiger partial charge on any atom is -0.253 e. The summed E-state index contributed by atoms with van der Waals surface area (Å²) in [6.45, 7) is 6.72. The molecule has 6 nitrogen and oxygen atoms in total. The van der Waals surface area contributed by atoms with Crippen LogP contribution >= 0.6 is 0 Å². The molecule has 0 spiro atoms. The molecule has 0 bridgehead atoms. The molecule has 0 atom stereocenters. The summed E-state index contributed by atoms with van der Waals surface area (Å²) in [6, 6.07) is 12.5. The van der Waals surface area contributed by atoms with Gasteiger partial charge in [-0.2, -0.15) is 0 Å². The Morgan fingerprint density at radius 2 is 0.690 bits per heavy atom. The molecule has 0 aliphatic carbocycles. The SMILES string of the molecule is CCCCCCc1ccc(-c2nc(-c3ccc(CCCCCC)cn3)nc(-c3ccc(CCCCCC)cn3)n2)nc1. The summed E-state index contributed by atoms with van der Waals surface area (Å²) in [6.07, 6.45) is 23.9. The average molecular weight is 565 g/mol. The predicted molar refractivity (Wildman–Crippen MR) is 173 cm³/mol. The number of hydrogen-bond donors (Lipinski definition) is 0. The van der Waals surface area contributed by atoms with Crippen LogP contribution in [0.25, 0.3) is 34.6 Å². The van der Waals surface area contributed by atoms with Gasteiger partial charge in [0.2, 0.25) is 0 Å². The van der Waals surface area contributed by atoms with Crippen molar-refractivity contribution in [3.05, 3.63) is 71.7 Å². The Hall–Kier alpha value is -3.54. The van der Waals surface area contributed by atoms with Crippen molar-refractivity contribution < 1.29 is 0 Å². The highest BCUT2D eigenvalue weighted by Crippen LogP contribution is 2.23. The van der Waals surface area contributed by atoms with Crippen LogP contribution in [0.1, 0.15) is 115 Å². The molecule has 4 aromatic heterocycles. The molecule has 0 unspecified atom stereocenters. The van der Waals surface area contributed by atoms with Crippen molar-refractivity contribution in [3.63, 3.8) is 0 Å². The number of aryl methyl sites for hydroxylation is 3. The highest BCUT2D eigenvalue weighted by Gasteiger charge is 2.15. The quantitative estimate of drug-likeness (QED) is 0.112. The van der Waals surface area contributed by atoms with E-state index in [1.807, 2.05) is 36.8 Å². The van der Waals surface area contributed by atoms with Crippen molar-refractivity contribution >= 4 is 0 Å². The molecule has 4 aromatic rings. The second kappa shape index (κ2) is 17.4. The Morgan fingerprint density at radius 1 is 0.381 bits per heavy atom. The number of hydrogen-bond acceptors (Lipinski definition) is 6. The fraction of sp³-hybridized carbons (Fsp3) is 0.500. The minimum absolute atomic E-state index is 0.545. The van der Waals surface area contributed by atoms with Gasteiger partial charge in [-0.25, -0.2) is 15.0 Å². The highest BCUT2D eigenvalue weighted by atomic mass is 15.1. The zero-order chi connectivity index (χ0) is 29.4. The molecule has 0 fully saturated rings. The molecule has 4 heterocycles. The van der Waals surface area contributed by atoms with Crippen LogP contribution in [0, 0.1) is 0 Å². The van der Waals surface area contributed by atoms with Gasteiger partial charge in [0.1, 0.15) is 17.1 Å². The van der Waals surface area contributed by atoms with Crippen molar-refractivity contribution in [2.75, 3.05) is 0 Å². The summed E-state index contributed by atoms with van der Waals surface area (Å²) >= 11 is 0. The highest BCUT2D eigenvalue weighted by molar-refractivity contribution is 5.61. The third-order valence-corrected chi connectivity index (χ3v) is 7.75. The van der Waals surface area contributed by atoms with Gasteiger partial charge in [-0.3, -0.25) is 15.0 Å². The molecular formula is C36H48N6. The van der Waals surface area contributed by atoms with Crippen molar-refractivity contribution in [2.45, 2.75) is 117 Å². The lowest BCUT2D eigenvalue weighted by molar-refractivity contribution is 0.666. The lowest BCUT2D eigenvalue weighted by Crippen LogP contribution is -2.03. The van der Waals surface area contributed by atoms with Gasteiger partial charge in [0.25, 0.3) is 0 Å². The second-order valence-corrected chi connectivity index (χ2v) is 11.4. The van der Waals surface area contributed by atoms with Crippen molar-refractivity contribution in [1.29, 1.82) is 0 Å². The third kappa shape index (κ3) is 9.78. The zero-order valence-corrected chi connectivity index (χ0v) is 26.0. The Bertz CT molecular complexity index is 1140. The number of nitrogens with zero attached hydrogens (tertiary/aromatic N) is 6. The Morgan fingerprint density at radius 3 is 0.929 bits per heavy atom. The maximum atomic E-state index is 4.83. The summed E-state index contributed by atoms with van der Waals surface area (Å²) in [4.78, 5) is 28.7. The van der Waals surface area contributed by atoms with Crippen LogP contribution in [-0.4, -0.2) is 29.9 Å². The lowest BCUT2D eigenvalue weighted by atomic mass is 10.1. The fourth-order valence-electron chi connectivity index (χ4n) is 5.10. The molecule has 0 aromatic carbocycles. The summed E-state index contributed by atoms with van der Waals surface area (Å²) in [5.74, 6) is 1.63. The number of aromatic nitrogens is 6. The van der Waals surface area contributed by atoms with Gasteiger partial charge in [-0.05, 0) is 73.4 Å². The molecule has 222 valence electrons. The Labute approximate surface area is 252 Å². The van der Waals surface area contributed by atoms with Crippen molar-refractivity contribution in [3.8, 4) is 34.6 Å². The molecule has 0 amide bonds. The molecule has 0 saturated carbocycles. The lowest BCUT2D eigenvalue weighted by Gasteiger charge is -2.09. The summed E-state index contributed by atoms with van der Waals surface area (Å²) < 4.78 is 0.